The minimum Gasteiger partial charge on any atom is -0.462 e. The van der Waals surface area contributed by atoms with E-state index in [1.54, 1.807) is 29.2 Å². The Kier molecular flexibility index (Phi) is 7.39. The van der Waals surface area contributed by atoms with Crippen molar-refractivity contribution >= 4 is 17.6 Å². The third kappa shape index (κ3) is 5.19. The molecule has 0 saturated heterocycles. The molecule has 0 atom stereocenters. The average molecular weight is 353 g/mol. The molecule has 0 spiro atoms. The second-order valence-corrected chi connectivity index (χ2v) is 6.60. The van der Waals surface area contributed by atoms with Crippen LogP contribution in [0.5, 0.6) is 0 Å². The van der Waals surface area contributed by atoms with Gasteiger partial charge in [0, 0.05) is 12.2 Å². The van der Waals surface area contributed by atoms with E-state index in [2.05, 4.69) is 13.8 Å². The standard InChI is InChI=1S/C22H27NO3/c1-4-23(18-12-6-5-7-13-18)21(24)19-14-8-9-15-20(19)22(25)26-16-10-11-17(2)3/h5-9,12-15,17H,4,10-11,16H2,1-3H3. The minimum atomic E-state index is -0.443. The fourth-order valence-electron chi connectivity index (χ4n) is 2.78. The van der Waals surface area contributed by atoms with E-state index in [0.29, 0.717) is 30.2 Å². The number of carbonyl (C=O) groups excluding carboxylic acids is 2. The van der Waals surface area contributed by atoms with Crippen LogP contribution in [-0.2, 0) is 4.74 Å². The summed E-state index contributed by atoms with van der Waals surface area (Å²) < 4.78 is 5.38. The molecular formula is C22H27NO3. The Bertz CT molecular complexity index is 725. The highest BCUT2D eigenvalue weighted by atomic mass is 16.5. The number of hydrogen-bond acceptors (Lipinski definition) is 3. The third-order valence-corrected chi connectivity index (χ3v) is 4.17. The van der Waals surface area contributed by atoms with E-state index in [-0.39, 0.29) is 5.91 Å². The number of rotatable bonds is 8. The van der Waals surface area contributed by atoms with E-state index in [0.717, 1.165) is 18.5 Å². The number of hydrogen-bond donors (Lipinski definition) is 0. The van der Waals surface area contributed by atoms with Crippen molar-refractivity contribution in [3.8, 4) is 0 Å². The normalized spacial score (nSPS) is 10.6. The lowest BCUT2D eigenvalue weighted by Crippen LogP contribution is -2.32. The summed E-state index contributed by atoms with van der Waals surface area (Å²) in [6.45, 7) is 7.07. The molecule has 0 heterocycles. The monoisotopic (exact) mass is 353 g/mol. The second-order valence-electron chi connectivity index (χ2n) is 6.60. The van der Waals surface area contributed by atoms with E-state index >= 15 is 0 Å². The summed E-state index contributed by atoms with van der Waals surface area (Å²) in [7, 11) is 0. The van der Waals surface area contributed by atoms with E-state index in [1.165, 1.54) is 0 Å². The van der Waals surface area contributed by atoms with Gasteiger partial charge >= 0.3 is 5.97 Å². The highest BCUT2D eigenvalue weighted by Gasteiger charge is 2.22. The Labute approximate surface area is 155 Å². The van der Waals surface area contributed by atoms with Gasteiger partial charge in [-0.1, -0.05) is 44.2 Å². The lowest BCUT2D eigenvalue weighted by atomic mass is 10.1. The van der Waals surface area contributed by atoms with Crippen molar-refractivity contribution < 1.29 is 14.3 Å². The quantitative estimate of drug-likeness (QED) is 0.498. The number of carbonyl (C=O) groups is 2. The Morgan fingerprint density at radius 3 is 2.19 bits per heavy atom. The summed E-state index contributed by atoms with van der Waals surface area (Å²) >= 11 is 0. The highest BCUT2D eigenvalue weighted by molar-refractivity contribution is 6.12. The summed E-state index contributed by atoms with van der Waals surface area (Å²) in [6.07, 6.45) is 1.83. The van der Waals surface area contributed by atoms with Crippen molar-refractivity contribution in [1.29, 1.82) is 0 Å². The number of benzene rings is 2. The van der Waals surface area contributed by atoms with Crippen LogP contribution < -0.4 is 4.90 Å². The van der Waals surface area contributed by atoms with E-state index < -0.39 is 5.97 Å². The second kappa shape index (κ2) is 9.76. The number of esters is 1. The summed E-state index contributed by atoms with van der Waals surface area (Å²) in [4.78, 5) is 27.2. The van der Waals surface area contributed by atoms with Crippen molar-refractivity contribution in [2.45, 2.75) is 33.6 Å². The van der Waals surface area contributed by atoms with Crippen LogP contribution in [0.4, 0.5) is 5.69 Å². The molecule has 138 valence electrons. The van der Waals surface area contributed by atoms with Gasteiger partial charge in [-0.3, -0.25) is 4.79 Å². The maximum atomic E-state index is 13.0. The van der Waals surface area contributed by atoms with Gasteiger partial charge in [0.05, 0.1) is 17.7 Å². The maximum Gasteiger partial charge on any atom is 0.338 e. The largest absolute Gasteiger partial charge is 0.462 e. The fraction of sp³-hybridized carbons (Fsp3) is 0.364. The van der Waals surface area contributed by atoms with Crippen LogP contribution in [0, 0.1) is 5.92 Å². The zero-order valence-corrected chi connectivity index (χ0v) is 15.8. The molecule has 0 bridgehead atoms. The molecule has 2 aromatic carbocycles. The molecule has 26 heavy (non-hydrogen) atoms. The van der Waals surface area contributed by atoms with E-state index in [9.17, 15) is 9.59 Å². The zero-order chi connectivity index (χ0) is 18.9. The van der Waals surface area contributed by atoms with Crippen molar-refractivity contribution in [2.75, 3.05) is 18.1 Å². The number of ether oxygens (including phenoxy) is 1. The van der Waals surface area contributed by atoms with Gasteiger partial charge in [0.1, 0.15) is 0 Å². The maximum absolute atomic E-state index is 13.0. The van der Waals surface area contributed by atoms with E-state index in [4.69, 9.17) is 4.74 Å². The van der Waals surface area contributed by atoms with Gasteiger partial charge in [0.15, 0.2) is 0 Å². The molecule has 1 amide bonds. The molecule has 0 aliphatic carbocycles. The summed E-state index contributed by atoms with van der Waals surface area (Å²) in [5.74, 6) is -0.0678. The van der Waals surface area contributed by atoms with Crippen LogP contribution >= 0.6 is 0 Å². The minimum absolute atomic E-state index is 0.201. The van der Waals surface area contributed by atoms with Crippen molar-refractivity contribution in [1.82, 2.24) is 0 Å². The van der Waals surface area contributed by atoms with Crippen LogP contribution in [0.1, 0.15) is 54.3 Å². The Morgan fingerprint density at radius 2 is 1.58 bits per heavy atom. The molecule has 0 aliphatic heterocycles. The average Bonchev–Trinajstić information content (AvgIpc) is 2.66. The molecular weight excluding hydrogens is 326 g/mol. The van der Waals surface area contributed by atoms with Crippen LogP contribution in [-0.4, -0.2) is 25.0 Å². The predicted molar refractivity (Wildman–Crippen MR) is 105 cm³/mol. The van der Waals surface area contributed by atoms with Gasteiger partial charge in [0.25, 0.3) is 5.91 Å². The number of amides is 1. The SMILES string of the molecule is CCN(C(=O)c1ccccc1C(=O)OCCCC(C)C)c1ccccc1. The van der Waals surface area contributed by atoms with Gasteiger partial charge in [-0.25, -0.2) is 4.79 Å². The van der Waals surface area contributed by atoms with Crippen LogP contribution in [0.15, 0.2) is 54.6 Å². The molecule has 0 radical (unpaired) electrons. The lowest BCUT2D eigenvalue weighted by molar-refractivity contribution is 0.0491. The molecule has 0 aliphatic rings. The fourth-order valence-corrected chi connectivity index (χ4v) is 2.78. The van der Waals surface area contributed by atoms with Gasteiger partial charge in [-0.05, 0) is 49.9 Å². The van der Waals surface area contributed by atoms with Crippen molar-refractivity contribution in [2.24, 2.45) is 5.92 Å². The van der Waals surface area contributed by atoms with Crippen molar-refractivity contribution in [3.63, 3.8) is 0 Å². The van der Waals surface area contributed by atoms with Crippen LogP contribution in [0.2, 0.25) is 0 Å². The van der Waals surface area contributed by atoms with Crippen LogP contribution in [0.25, 0.3) is 0 Å². The molecule has 4 heteroatoms. The first-order valence-electron chi connectivity index (χ1n) is 9.17. The number of anilines is 1. The highest BCUT2D eigenvalue weighted by Crippen LogP contribution is 2.19. The molecule has 0 aromatic heterocycles. The summed E-state index contributed by atoms with van der Waals surface area (Å²) in [6, 6.07) is 16.3. The first-order valence-corrected chi connectivity index (χ1v) is 9.17. The smallest absolute Gasteiger partial charge is 0.338 e. The van der Waals surface area contributed by atoms with Gasteiger partial charge < -0.3 is 9.64 Å². The van der Waals surface area contributed by atoms with Gasteiger partial charge in [0.2, 0.25) is 0 Å². The third-order valence-electron chi connectivity index (χ3n) is 4.17. The van der Waals surface area contributed by atoms with Gasteiger partial charge in [-0.2, -0.15) is 0 Å². The number of nitrogens with zero attached hydrogens (tertiary/aromatic N) is 1. The predicted octanol–water partition coefficient (Wildman–Crippen LogP) is 4.95. The zero-order valence-electron chi connectivity index (χ0n) is 15.8. The molecule has 0 unspecified atom stereocenters. The molecule has 4 nitrogen and oxygen atoms in total. The molecule has 0 saturated carbocycles. The Balaban J connectivity index is 2.16. The molecule has 0 fully saturated rings. The van der Waals surface area contributed by atoms with Gasteiger partial charge in [-0.15, -0.1) is 0 Å². The van der Waals surface area contributed by atoms with Crippen LogP contribution in [0.3, 0.4) is 0 Å². The number of para-hydroxylation sites is 1. The lowest BCUT2D eigenvalue weighted by Gasteiger charge is -2.22. The Morgan fingerprint density at radius 1 is 0.962 bits per heavy atom. The first kappa shape index (κ1) is 19.7. The van der Waals surface area contributed by atoms with Crippen molar-refractivity contribution in [3.05, 3.63) is 65.7 Å². The summed E-state index contributed by atoms with van der Waals surface area (Å²) in [5, 5.41) is 0. The summed E-state index contributed by atoms with van der Waals surface area (Å²) in [5.41, 5.74) is 1.49. The molecule has 2 rings (SSSR count). The topological polar surface area (TPSA) is 46.6 Å². The Hall–Kier alpha value is -2.62. The first-order chi connectivity index (χ1) is 12.5. The molecule has 0 N–H and O–H groups in total. The molecule has 2 aromatic rings. The van der Waals surface area contributed by atoms with E-state index in [1.807, 2.05) is 37.3 Å².